The first-order valence-corrected chi connectivity index (χ1v) is 7.13. The lowest BCUT2D eigenvalue weighted by molar-refractivity contribution is 0.321. The normalized spacial score (nSPS) is 10.1. The molecule has 1 aromatic heterocycles. The third-order valence-electron chi connectivity index (χ3n) is 2.82. The van der Waals surface area contributed by atoms with E-state index in [1.54, 1.807) is 18.4 Å². The minimum atomic E-state index is 0.433. The van der Waals surface area contributed by atoms with E-state index in [1.807, 2.05) is 31.2 Å². The van der Waals surface area contributed by atoms with E-state index in [-0.39, 0.29) is 0 Å². The molecule has 0 amide bonds. The average molecular weight is 288 g/mol. The van der Waals surface area contributed by atoms with Gasteiger partial charge in [0, 0.05) is 11.3 Å². The number of methoxy groups -OCH3 is 1. The molecule has 20 heavy (non-hydrogen) atoms. The Morgan fingerprint density at radius 3 is 2.60 bits per heavy atom. The van der Waals surface area contributed by atoms with Crippen molar-refractivity contribution in [2.75, 3.05) is 13.7 Å². The van der Waals surface area contributed by atoms with Crippen molar-refractivity contribution in [3.63, 3.8) is 0 Å². The van der Waals surface area contributed by atoms with E-state index in [2.05, 4.69) is 11.1 Å². The molecule has 0 saturated carbocycles. The summed E-state index contributed by atoms with van der Waals surface area (Å²) < 4.78 is 10.8. The van der Waals surface area contributed by atoms with Gasteiger partial charge in [-0.1, -0.05) is 0 Å². The lowest BCUT2D eigenvalue weighted by Gasteiger charge is -2.05. The van der Waals surface area contributed by atoms with Gasteiger partial charge in [-0.15, -0.1) is 11.3 Å². The SMILES string of the molecule is COc1ccc(OCCc2nc(C)c(CC#N)s2)cc1. The second kappa shape index (κ2) is 6.92. The van der Waals surface area contributed by atoms with Gasteiger partial charge in [0.05, 0.1) is 36.9 Å². The van der Waals surface area contributed by atoms with Gasteiger partial charge in [0.1, 0.15) is 11.5 Å². The van der Waals surface area contributed by atoms with Gasteiger partial charge in [-0.05, 0) is 31.2 Å². The van der Waals surface area contributed by atoms with E-state index in [4.69, 9.17) is 14.7 Å². The van der Waals surface area contributed by atoms with Crippen LogP contribution in [-0.2, 0) is 12.8 Å². The van der Waals surface area contributed by atoms with Gasteiger partial charge in [0.15, 0.2) is 0 Å². The molecule has 0 aliphatic carbocycles. The van der Waals surface area contributed by atoms with Crippen LogP contribution in [0.5, 0.6) is 11.5 Å². The van der Waals surface area contributed by atoms with Crippen LogP contribution in [0.15, 0.2) is 24.3 Å². The fraction of sp³-hybridized carbons (Fsp3) is 0.333. The van der Waals surface area contributed by atoms with E-state index in [1.165, 1.54) is 0 Å². The Morgan fingerprint density at radius 1 is 1.25 bits per heavy atom. The van der Waals surface area contributed by atoms with Gasteiger partial charge >= 0.3 is 0 Å². The lowest BCUT2D eigenvalue weighted by atomic mass is 10.3. The molecule has 1 heterocycles. The number of benzene rings is 1. The van der Waals surface area contributed by atoms with Gasteiger partial charge in [-0.3, -0.25) is 0 Å². The zero-order valence-electron chi connectivity index (χ0n) is 11.5. The van der Waals surface area contributed by atoms with Crippen LogP contribution in [0.3, 0.4) is 0 Å². The van der Waals surface area contributed by atoms with E-state index < -0.39 is 0 Å². The number of aromatic nitrogens is 1. The molecule has 104 valence electrons. The molecule has 0 saturated heterocycles. The van der Waals surface area contributed by atoms with Gasteiger partial charge in [0.2, 0.25) is 0 Å². The van der Waals surface area contributed by atoms with Crippen molar-refractivity contribution >= 4 is 11.3 Å². The first kappa shape index (κ1) is 14.4. The van der Waals surface area contributed by atoms with Crippen LogP contribution < -0.4 is 9.47 Å². The fourth-order valence-electron chi connectivity index (χ4n) is 1.76. The molecule has 0 atom stereocenters. The molecular formula is C15H16N2O2S. The molecule has 0 bridgehead atoms. The molecule has 2 aromatic rings. The third-order valence-corrected chi connectivity index (χ3v) is 4.04. The number of hydrogen-bond donors (Lipinski definition) is 0. The molecule has 0 radical (unpaired) electrons. The van der Waals surface area contributed by atoms with E-state index >= 15 is 0 Å². The van der Waals surface area contributed by atoms with Crippen LogP contribution in [0.4, 0.5) is 0 Å². The zero-order valence-corrected chi connectivity index (χ0v) is 12.4. The van der Waals surface area contributed by atoms with Crippen LogP contribution in [-0.4, -0.2) is 18.7 Å². The molecule has 5 heteroatoms. The summed E-state index contributed by atoms with van der Waals surface area (Å²) in [5, 5.41) is 9.73. The van der Waals surface area contributed by atoms with Crippen molar-refractivity contribution in [1.82, 2.24) is 4.98 Å². The monoisotopic (exact) mass is 288 g/mol. The summed E-state index contributed by atoms with van der Waals surface area (Å²) in [5.41, 5.74) is 0.955. The van der Waals surface area contributed by atoms with Gasteiger partial charge in [0.25, 0.3) is 0 Å². The molecule has 0 aliphatic rings. The zero-order chi connectivity index (χ0) is 14.4. The molecule has 0 spiro atoms. The quantitative estimate of drug-likeness (QED) is 0.819. The van der Waals surface area contributed by atoms with Crippen molar-refractivity contribution in [2.45, 2.75) is 19.8 Å². The fourth-order valence-corrected chi connectivity index (χ4v) is 2.74. The molecule has 0 fully saturated rings. The van der Waals surface area contributed by atoms with Crippen molar-refractivity contribution in [3.05, 3.63) is 39.8 Å². The van der Waals surface area contributed by atoms with Crippen molar-refractivity contribution in [1.29, 1.82) is 5.26 Å². The number of ether oxygens (including phenoxy) is 2. The Hall–Kier alpha value is -2.06. The number of nitrogens with zero attached hydrogens (tertiary/aromatic N) is 2. The summed E-state index contributed by atoms with van der Waals surface area (Å²) in [6, 6.07) is 9.66. The molecule has 0 aliphatic heterocycles. The van der Waals surface area contributed by atoms with Gasteiger partial charge in [-0.25, -0.2) is 4.98 Å². The number of thiazole rings is 1. The Morgan fingerprint density at radius 2 is 1.95 bits per heavy atom. The maximum absolute atomic E-state index is 8.71. The largest absolute Gasteiger partial charge is 0.497 e. The second-order valence-corrected chi connectivity index (χ2v) is 5.39. The maximum Gasteiger partial charge on any atom is 0.119 e. The first-order chi connectivity index (χ1) is 9.72. The maximum atomic E-state index is 8.71. The predicted octanol–water partition coefficient (Wildman–Crippen LogP) is 3.15. The second-order valence-electron chi connectivity index (χ2n) is 4.23. The molecule has 2 rings (SSSR count). The van der Waals surface area contributed by atoms with Gasteiger partial charge < -0.3 is 9.47 Å². The standard InChI is InChI=1S/C15H16N2O2S/c1-11-14(7-9-16)20-15(17-11)8-10-19-13-5-3-12(18-2)4-6-13/h3-6H,7-8,10H2,1-2H3. The van der Waals surface area contributed by atoms with Crippen molar-refractivity contribution in [2.24, 2.45) is 0 Å². The predicted molar refractivity (Wildman–Crippen MR) is 78.4 cm³/mol. The number of aryl methyl sites for hydroxylation is 1. The van der Waals surface area contributed by atoms with Crippen LogP contribution >= 0.6 is 11.3 Å². The van der Waals surface area contributed by atoms with Crippen LogP contribution in [0.1, 0.15) is 15.6 Å². The lowest BCUT2D eigenvalue weighted by Crippen LogP contribution is -2.01. The average Bonchev–Trinajstić information content (AvgIpc) is 2.80. The highest BCUT2D eigenvalue weighted by Crippen LogP contribution is 2.20. The minimum Gasteiger partial charge on any atom is -0.497 e. The van der Waals surface area contributed by atoms with Crippen LogP contribution in [0, 0.1) is 18.3 Å². The highest BCUT2D eigenvalue weighted by atomic mass is 32.1. The molecule has 1 aromatic carbocycles. The molecule has 4 nitrogen and oxygen atoms in total. The first-order valence-electron chi connectivity index (χ1n) is 6.32. The van der Waals surface area contributed by atoms with Crippen molar-refractivity contribution in [3.8, 4) is 17.6 Å². The summed E-state index contributed by atoms with van der Waals surface area (Å²) in [7, 11) is 1.64. The molecule has 0 unspecified atom stereocenters. The molecule has 0 N–H and O–H groups in total. The minimum absolute atomic E-state index is 0.433. The third kappa shape index (κ3) is 3.72. The van der Waals surface area contributed by atoms with Crippen molar-refractivity contribution < 1.29 is 9.47 Å². The van der Waals surface area contributed by atoms with Crippen LogP contribution in [0.2, 0.25) is 0 Å². The number of nitriles is 1. The van der Waals surface area contributed by atoms with Gasteiger partial charge in [-0.2, -0.15) is 5.26 Å². The highest BCUT2D eigenvalue weighted by Gasteiger charge is 2.07. The Labute approximate surface area is 122 Å². The van der Waals surface area contributed by atoms with E-state index in [0.717, 1.165) is 33.5 Å². The Balaban J connectivity index is 1.86. The smallest absolute Gasteiger partial charge is 0.119 e. The van der Waals surface area contributed by atoms with E-state index in [0.29, 0.717) is 13.0 Å². The Kier molecular flexibility index (Phi) is 4.97. The molecular weight excluding hydrogens is 272 g/mol. The summed E-state index contributed by atoms with van der Waals surface area (Å²) in [6.45, 7) is 2.52. The number of hydrogen-bond acceptors (Lipinski definition) is 5. The summed E-state index contributed by atoms with van der Waals surface area (Å²) in [6.07, 6.45) is 1.19. The topological polar surface area (TPSA) is 55.1 Å². The summed E-state index contributed by atoms with van der Waals surface area (Å²) in [5.74, 6) is 1.63. The summed E-state index contributed by atoms with van der Waals surface area (Å²) >= 11 is 1.59. The van der Waals surface area contributed by atoms with E-state index in [9.17, 15) is 0 Å². The highest BCUT2D eigenvalue weighted by molar-refractivity contribution is 7.11. The number of rotatable bonds is 6. The Bertz CT molecular complexity index is 599. The summed E-state index contributed by atoms with van der Waals surface area (Å²) in [4.78, 5) is 5.50. The van der Waals surface area contributed by atoms with Crippen LogP contribution in [0.25, 0.3) is 0 Å².